The van der Waals surface area contributed by atoms with E-state index in [1.54, 1.807) is 7.11 Å². The molecule has 31 heavy (non-hydrogen) atoms. The summed E-state index contributed by atoms with van der Waals surface area (Å²) >= 11 is 0. The van der Waals surface area contributed by atoms with Gasteiger partial charge in [-0.3, -0.25) is 4.79 Å². The van der Waals surface area contributed by atoms with Crippen molar-refractivity contribution < 1.29 is 19.0 Å². The summed E-state index contributed by atoms with van der Waals surface area (Å²) in [6.07, 6.45) is 8.01. The van der Waals surface area contributed by atoms with Gasteiger partial charge in [0.1, 0.15) is 12.4 Å². The Labute approximate surface area is 184 Å². The largest absolute Gasteiger partial charge is 0.493 e. The van der Waals surface area contributed by atoms with E-state index in [-0.39, 0.29) is 0 Å². The molecule has 0 bridgehead atoms. The molecule has 2 heterocycles. The lowest BCUT2D eigenvalue weighted by molar-refractivity contribution is -0.128. The lowest BCUT2D eigenvalue weighted by atomic mass is 9.89. The fourth-order valence-electron chi connectivity index (χ4n) is 4.71. The number of ether oxygens (including phenoxy) is 3. The first-order chi connectivity index (χ1) is 15.3. The van der Waals surface area contributed by atoms with E-state index in [1.165, 1.54) is 43.5 Å². The van der Waals surface area contributed by atoms with Crippen molar-refractivity contribution in [2.45, 2.75) is 44.9 Å². The van der Waals surface area contributed by atoms with Crippen molar-refractivity contribution in [1.29, 1.82) is 0 Å². The first-order valence-corrected chi connectivity index (χ1v) is 11.5. The highest BCUT2D eigenvalue weighted by Crippen LogP contribution is 2.38. The highest BCUT2D eigenvalue weighted by Gasteiger charge is 2.20. The number of aryl methyl sites for hydroxylation is 1. The molecule has 4 rings (SSSR count). The molecule has 0 amide bonds. The van der Waals surface area contributed by atoms with Gasteiger partial charge in [0.15, 0.2) is 11.5 Å². The topological polar surface area (TPSA) is 72.9 Å². The highest BCUT2D eigenvalue weighted by atomic mass is 16.5. The summed E-state index contributed by atoms with van der Waals surface area (Å²) in [5, 5.41) is 4.50. The van der Waals surface area contributed by atoms with Crippen LogP contribution in [0.1, 0.15) is 43.2 Å². The smallest absolute Gasteiger partial charge is 0.293 e. The first-order valence-electron chi connectivity index (χ1n) is 11.5. The Hall–Kier alpha value is -2.54. The number of fused-ring (bicyclic) bond motifs is 3. The molecule has 7 nitrogen and oxygen atoms in total. The number of nitrogens with one attached hydrogen (secondary N) is 1. The molecular weight excluding hydrogens is 394 g/mol. The van der Waals surface area contributed by atoms with Gasteiger partial charge in [0.25, 0.3) is 6.47 Å². The van der Waals surface area contributed by atoms with Crippen LogP contribution in [-0.4, -0.2) is 62.9 Å². The Morgan fingerprint density at radius 3 is 2.65 bits per heavy atom. The number of anilines is 1. The van der Waals surface area contributed by atoms with Gasteiger partial charge in [-0.15, -0.1) is 0 Å². The normalized spacial score (nSPS) is 16.2. The number of likely N-dealkylation sites (tertiary alicyclic amines) is 1. The van der Waals surface area contributed by atoms with Crippen LogP contribution in [0.4, 0.5) is 5.82 Å². The van der Waals surface area contributed by atoms with E-state index in [0.29, 0.717) is 26.2 Å². The summed E-state index contributed by atoms with van der Waals surface area (Å²) in [6, 6.07) is 4.09. The van der Waals surface area contributed by atoms with Gasteiger partial charge in [-0.25, -0.2) is 4.98 Å². The summed E-state index contributed by atoms with van der Waals surface area (Å²) in [6.45, 7) is 5.51. The van der Waals surface area contributed by atoms with Gasteiger partial charge in [-0.1, -0.05) is 0 Å². The highest BCUT2D eigenvalue weighted by molar-refractivity contribution is 5.89. The Kier molecular flexibility index (Phi) is 7.46. The molecule has 0 unspecified atom stereocenters. The van der Waals surface area contributed by atoms with Gasteiger partial charge in [-0.2, -0.15) is 0 Å². The Bertz CT molecular complexity index is 896. The summed E-state index contributed by atoms with van der Waals surface area (Å²) in [5.74, 6) is 2.40. The molecule has 1 saturated heterocycles. The van der Waals surface area contributed by atoms with Crippen molar-refractivity contribution in [2.75, 3.05) is 51.8 Å². The number of hydrogen-bond donors (Lipinski definition) is 1. The molecule has 1 fully saturated rings. The lowest BCUT2D eigenvalue weighted by Gasteiger charge is -2.22. The van der Waals surface area contributed by atoms with E-state index in [2.05, 4.69) is 16.3 Å². The zero-order chi connectivity index (χ0) is 21.5. The van der Waals surface area contributed by atoms with Crippen LogP contribution in [0.15, 0.2) is 12.1 Å². The van der Waals surface area contributed by atoms with Crippen molar-refractivity contribution in [3.05, 3.63) is 23.3 Å². The third-order valence-electron chi connectivity index (χ3n) is 6.25. The number of carbonyl (C=O) groups excluding carboxylic acids is 1. The third-order valence-corrected chi connectivity index (χ3v) is 6.25. The second-order valence-corrected chi connectivity index (χ2v) is 8.29. The van der Waals surface area contributed by atoms with Crippen molar-refractivity contribution >= 4 is 23.2 Å². The average Bonchev–Trinajstić information content (AvgIpc) is 3.32. The molecule has 0 saturated carbocycles. The van der Waals surface area contributed by atoms with E-state index < -0.39 is 0 Å². The monoisotopic (exact) mass is 427 g/mol. The van der Waals surface area contributed by atoms with Crippen molar-refractivity contribution in [2.24, 2.45) is 0 Å². The van der Waals surface area contributed by atoms with Crippen LogP contribution in [-0.2, 0) is 22.4 Å². The average molecular weight is 428 g/mol. The summed E-state index contributed by atoms with van der Waals surface area (Å²) in [7, 11) is 1.70. The van der Waals surface area contributed by atoms with E-state index >= 15 is 0 Å². The molecule has 168 valence electrons. The minimum Gasteiger partial charge on any atom is -0.493 e. The number of hydrogen-bond acceptors (Lipinski definition) is 7. The molecule has 0 radical (unpaired) electrons. The Balaban J connectivity index is 1.54. The Morgan fingerprint density at radius 2 is 1.87 bits per heavy atom. The summed E-state index contributed by atoms with van der Waals surface area (Å²) in [4.78, 5) is 17.8. The molecule has 1 aromatic carbocycles. The van der Waals surface area contributed by atoms with Gasteiger partial charge < -0.3 is 24.4 Å². The van der Waals surface area contributed by atoms with Crippen LogP contribution in [0.25, 0.3) is 10.9 Å². The van der Waals surface area contributed by atoms with Gasteiger partial charge >= 0.3 is 0 Å². The van der Waals surface area contributed by atoms with E-state index in [0.717, 1.165) is 60.4 Å². The predicted octanol–water partition coefficient (Wildman–Crippen LogP) is 3.57. The van der Waals surface area contributed by atoms with Crippen LogP contribution in [0, 0.1) is 0 Å². The molecule has 2 aliphatic rings. The molecule has 1 aromatic heterocycles. The summed E-state index contributed by atoms with van der Waals surface area (Å²) < 4.78 is 16.6. The number of pyridine rings is 1. The predicted molar refractivity (Wildman–Crippen MR) is 121 cm³/mol. The van der Waals surface area contributed by atoms with Gasteiger partial charge in [-0.05, 0) is 75.2 Å². The first kappa shape index (κ1) is 21.7. The summed E-state index contributed by atoms with van der Waals surface area (Å²) in [5.41, 5.74) is 3.52. The minimum atomic E-state index is 0.325. The number of aromatic nitrogens is 1. The second kappa shape index (κ2) is 10.7. The molecule has 7 heteroatoms. The number of methoxy groups -OCH3 is 1. The number of carbonyl (C=O) groups is 1. The molecule has 0 spiro atoms. The molecule has 0 atom stereocenters. The Morgan fingerprint density at radius 1 is 1.06 bits per heavy atom. The van der Waals surface area contributed by atoms with E-state index in [1.807, 2.05) is 6.07 Å². The zero-order valence-corrected chi connectivity index (χ0v) is 18.5. The van der Waals surface area contributed by atoms with Gasteiger partial charge in [0.2, 0.25) is 0 Å². The third kappa shape index (κ3) is 5.21. The van der Waals surface area contributed by atoms with Crippen molar-refractivity contribution in [3.8, 4) is 11.5 Å². The number of rotatable bonds is 11. The molecule has 1 N–H and O–H groups in total. The van der Waals surface area contributed by atoms with E-state index in [4.69, 9.17) is 19.2 Å². The quantitative estimate of drug-likeness (QED) is 0.434. The lowest BCUT2D eigenvalue weighted by Crippen LogP contribution is -2.22. The molecule has 2 aromatic rings. The second-order valence-electron chi connectivity index (χ2n) is 8.29. The maximum Gasteiger partial charge on any atom is 0.293 e. The van der Waals surface area contributed by atoms with Crippen LogP contribution in [0.2, 0.25) is 0 Å². The fraction of sp³-hybridized carbons (Fsp3) is 0.583. The van der Waals surface area contributed by atoms with Crippen LogP contribution in [0.5, 0.6) is 11.5 Å². The van der Waals surface area contributed by atoms with Crippen molar-refractivity contribution in [1.82, 2.24) is 9.88 Å². The fourth-order valence-corrected chi connectivity index (χ4v) is 4.71. The van der Waals surface area contributed by atoms with Gasteiger partial charge in [0, 0.05) is 18.0 Å². The van der Waals surface area contributed by atoms with Crippen LogP contribution in [0.3, 0.4) is 0 Å². The SMILES string of the molecule is COc1cc2c3c(c(NCCOC=O)nc2cc1OCCCN1CCCC1)CCCC3. The standard InChI is InChI=1S/C24H33N3O4/c1-29-22-15-20-18-7-2-3-8-19(18)24(25-9-14-30-17-28)26-21(20)16-23(22)31-13-6-12-27-10-4-5-11-27/h15-17H,2-14H2,1H3,(H,25,26). The number of benzene rings is 1. The maximum absolute atomic E-state index is 10.4. The van der Waals surface area contributed by atoms with E-state index in [9.17, 15) is 4.79 Å². The molecule has 1 aliphatic carbocycles. The van der Waals surface area contributed by atoms with Crippen LogP contribution >= 0.6 is 0 Å². The van der Waals surface area contributed by atoms with Crippen LogP contribution < -0.4 is 14.8 Å². The maximum atomic E-state index is 10.4. The van der Waals surface area contributed by atoms with Crippen molar-refractivity contribution in [3.63, 3.8) is 0 Å². The number of nitrogens with zero attached hydrogens (tertiary/aromatic N) is 2. The zero-order valence-electron chi connectivity index (χ0n) is 18.5. The minimum absolute atomic E-state index is 0.325. The molecule has 1 aliphatic heterocycles. The molecular formula is C24H33N3O4. The van der Waals surface area contributed by atoms with Gasteiger partial charge in [0.05, 0.1) is 25.8 Å².